The molecule has 0 aliphatic carbocycles. The topological polar surface area (TPSA) is 9.23 Å². The van der Waals surface area contributed by atoms with E-state index in [4.69, 9.17) is 4.74 Å². The second kappa shape index (κ2) is 5.54. The predicted octanol–water partition coefficient (Wildman–Crippen LogP) is 4.46. The van der Waals surface area contributed by atoms with Crippen LogP contribution in [0, 0.1) is 0 Å². The number of halogens is 6. The molecule has 0 fully saturated rings. The SMILES string of the molecule is C=CCOc1ccc(C(F)C(F)(F)C(F)(F)F)cc1. The zero-order chi connectivity index (χ0) is 14.7. The molecule has 1 nitrogen and oxygen atoms in total. The fourth-order valence-electron chi connectivity index (χ4n) is 1.24. The standard InChI is InChI=1S/C12H10F6O/c1-2-7-19-9-5-3-8(4-6-9)10(13)11(14,15)12(16,17)18/h2-6,10H,1,7H2. The number of alkyl halides is 6. The average Bonchev–Trinajstić information content (AvgIpc) is 2.34. The predicted molar refractivity (Wildman–Crippen MR) is 57.0 cm³/mol. The lowest BCUT2D eigenvalue weighted by molar-refractivity contribution is -0.305. The lowest BCUT2D eigenvalue weighted by Gasteiger charge is -2.23. The molecule has 0 radical (unpaired) electrons. The molecule has 0 saturated heterocycles. The molecule has 19 heavy (non-hydrogen) atoms. The first-order chi connectivity index (χ1) is 8.70. The van der Waals surface area contributed by atoms with Crippen molar-refractivity contribution >= 4 is 0 Å². The monoisotopic (exact) mass is 284 g/mol. The second-order valence-electron chi connectivity index (χ2n) is 3.65. The molecule has 0 saturated carbocycles. The van der Waals surface area contributed by atoms with Crippen molar-refractivity contribution in [1.82, 2.24) is 0 Å². The smallest absolute Gasteiger partial charge is 0.456 e. The van der Waals surface area contributed by atoms with Gasteiger partial charge in [0.25, 0.3) is 0 Å². The summed E-state index contributed by atoms with van der Waals surface area (Å²) in [4.78, 5) is 0. The van der Waals surface area contributed by atoms with Crippen LogP contribution >= 0.6 is 0 Å². The minimum absolute atomic E-state index is 0.136. The third-order valence-electron chi connectivity index (χ3n) is 2.24. The highest BCUT2D eigenvalue weighted by Crippen LogP contribution is 2.46. The van der Waals surface area contributed by atoms with Crippen LogP contribution in [0.15, 0.2) is 36.9 Å². The quantitative estimate of drug-likeness (QED) is 0.573. The first kappa shape index (κ1) is 15.4. The molecule has 1 rings (SSSR count). The van der Waals surface area contributed by atoms with Gasteiger partial charge in [-0.25, -0.2) is 4.39 Å². The fraction of sp³-hybridized carbons (Fsp3) is 0.333. The summed E-state index contributed by atoms with van der Waals surface area (Å²) in [6, 6.07) is 3.86. The van der Waals surface area contributed by atoms with Crippen LogP contribution in [0.4, 0.5) is 26.3 Å². The summed E-state index contributed by atoms with van der Waals surface area (Å²) < 4.78 is 79.8. The van der Waals surface area contributed by atoms with E-state index in [1.165, 1.54) is 6.08 Å². The molecule has 0 aliphatic heterocycles. The van der Waals surface area contributed by atoms with E-state index in [2.05, 4.69) is 6.58 Å². The summed E-state index contributed by atoms with van der Waals surface area (Å²) in [5.41, 5.74) is -0.770. The second-order valence-corrected chi connectivity index (χ2v) is 3.65. The van der Waals surface area contributed by atoms with Gasteiger partial charge in [0.1, 0.15) is 12.4 Å². The number of benzene rings is 1. The van der Waals surface area contributed by atoms with Crippen molar-refractivity contribution in [2.45, 2.75) is 18.3 Å². The first-order valence-corrected chi connectivity index (χ1v) is 5.12. The van der Waals surface area contributed by atoms with Crippen molar-refractivity contribution in [3.63, 3.8) is 0 Å². The van der Waals surface area contributed by atoms with Gasteiger partial charge in [-0.1, -0.05) is 24.8 Å². The largest absolute Gasteiger partial charge is 0.490 e. The van der Waals surface area contributed by atoms with Gasteiger partial charge in [-0.2, -0.15) is 22.0 Å². The van der Waals surface area contributed by atoms with Crippen LogP contribution in [0.1, 0.15) is 11.7 Å². The van der Waals surface area contributed by atoms with Crippen LogP contribution in [0.5, 0.6) is 5.75 Å². The van der Waals surface area contributed by atoms with E-state index in [1.54, 1.807) is 0 Å². The van der Waals surface area contributed by atoms with Crippen molar-refractivity contribution in [2.75, 3.05) is 6.61 Å². The van der Waals surface area contributed by atoms with Crippen molar-refractivity contribution in [3.05, 3.63) is 42.5 Å². The van der Waals surface area contributed by atoms with Gasteiger partial charge in [-0.3, -0.25) is 0 Å². The third kappa shape index (κ3) is 3.42. The Morgan fingerprint density at radius 2 is 1.63 bits per heavy atom. The van der Waals surface area contributed by atoms with Crippen molar-refractivity contribution < 1.29 is 31.1 Å². The molecular weight excluding hydrogens is 274 g/mol. The normalized spacial score (nSPS) is 14.0. The van der Waals surface area contributed by atoms with Gasteiger partial charge >= 0.3 is 12.1 Å². The fourth-order valence-corrected chi connectivity index (χ4v) is 1.24. The van der Waals surface area contributed by atoms with Crippen LogP contribution in [-0.2, 0) is 0 Å². The van der Waals surface area contributed by atoms with E-state index in [0.717, 1.165) is 24.3 Å². The van der Waals surface area contributed by atoms with E-state index in [1.807, 2.05) is 0 Å². The summed E-state index contributed by atoms with van der Waals surface area (Å²) in [7, 11) is 0. The average molecular weight is 284 g/mol. The van der Waals surface area contributed by atoms with E-state index >= 15 is 0 Å². The van der Waals surface area contributed by atoms with Crippen molar-refractivity contribution in [1.29, 1.82) is 0 Å². The zero-order valence-electron chi connectivity index (χ0n) is 9.55. The summed E-state index contributed by atoms with van der Waals surface area (Å²) >= 11 is 0. The third-order valence-corrected chi connectivity index (χ3v) is 2.24. The summed E-state index contributed by atoms with van der Waals surface area (Å²) in [5, 5.41) is 0. The molecule has 0 bridgehead atoms. The Kier molecular flexibility index (Phi) is 4.49. The molecule has 0 N–H and O–H groups in total. The maximum atomic E-state index is 13.3. The van der Waals surface area contributed by atoms with Crippen LogP contribution in [-0.4, -0.2) is 18.7 Å². The lowest BCUT2D eigenvalue weighted by atomic mass is 10.0. The molecule has 0 aliphatic rings. The molecule has 1 aromatic carbocycles. The highest BCUT2D eigenvalue weighted by Gasteiger charge is 2.63. The van der Waals surface area contributed by atoms with E-state index in [0.29, 0.717) is 0 Å². The maximum Gasteiger partial charge on any atom is 0.456 e. The van der Waals surface area contributed by atoms with Gasteiger partial charge in [-0.15, -0.1) is 0 Å². The van der Waals surface area contributed by atoms with Crippen molar-refractivity contribution in [3.8, 4) is 5.75 Å². The van der Waals surface area contributed by atoms with E-state index in [9.17, 15) is 26.3 Å². The Balaban J connectivity index is 2.89. The molecule has 0 spiro atoms. The van der Waals surface area contributed by atoms with E-state index in [-0.39, 0.29) is 12.4 Å². The van der Waals surface area contributed by atoms with Gasteiger partial charge in [0, 0.05) is 0 Å². The molecule has 0 aromatic heterocycles. The first-order valence-electron chi connectivity index (χ1n) is 5.12. The number of hydrogen-bond acceptors (Lipinski definition) is 1. The molecule has 106 valence electrons. The number of ether oxygens (including phenoxy) is 1. The summed E-state index contributed by atoms with van der Waals surface area (Å²) in [6.07, 6.45) is -7.98. The maximum absolute atomic E-state index is 13.3. The zero-order valence-corrected chi connectivity index (χ0v) is 9.55. The molecule has 1 aromatic rings. The van der Waals surface area contributed by atoms with Crippen LogP contribution in [0.3, 0.4) is 0 Å². The molecule has 0 amide bonds. The molecular formula is C12H10F6O. The summed E-state index contributed by atoms with van der Waals surface area (Å²) in [5.74, 6) is -5.22. The minimum atomic E-state index is -5.94. The Labute approximate surface area is 105 Å². The number of rotatable bonds is 5. The van der Waals surface area contributed by atoms with E-state index < -0.39 is 23.8 Å². The number of hydrogen-bond donors (Lipinski definition) is 0. The van der Waals surface area contributed by atoms with Gasteiger partial charge < -0.3 is 4.74 Å². The molecule has 7 heteroatoms. The van der Waals surface area contributed by atoms with Crippen LogP contribution in [0.25, 0.3) is 0 Å². The molecule has 1 atom stereocenters. The Morgan fingerprint density at radius 3 is 2.05 bits per heavy atom. The summed E-state index contributed by atoms with van der Waals surface area (Å²) in [6.45, 7) is 3.51. The lowest BCUT2D eigenvalue weighted by Crippen LogP contribution is -2.40. The Bertz CT molecular complexity index is 423. The Morgan fingerprint density at radius 1 is 1.11 bits per heavy atom. The Hall–Kier alpha value is -1.66. The van der Waals surface area contributed by atoms with Gasteiger partial charge in [0.15, 0.2) is 6.17 Å². The molecule has 1 unspecified atom stereocenters. The minimum Gasteiger partial charge on any atom is -0.490 e. The van der Waals surface area contributed by atoms with Gasteiger partial charge in [-0.05, 0) is 17.7 Å². The van der Waals surface area contributed by atoms with Crippen LogP contribution in [0.2, 0.25) is 0 Å². The highest BCUT2D eigenvalue weighted by molar-refractivity contribution is 5.29. The highest BCUT2D eigenvalue weighted by atomic mass is 19.4. The van der Waals surface area contributed by atoms with Crippen LogP contribution < -0.4 is 4.74 Å². The molecule has 0 heterocycles. The van der Waals surface area contributed by atoms with Gasteiger partial charge in [0.2, 0.25) is 0 Å². The van der Waals surface area contributed by atoms with Gasteiger partial charge in [0.05, 0.1) is 0 Å². The van der Waals surface area contributed by atoms with Crippen molar-refractivity contribution in [2.24, 2.45) is 0 Å².